The number of benzene rings is 1. The topological polar surface area (TPSA) is 0 Å². The SMILES string of the molecule is CCCCc1cc(Cl)ccc1Br. The Morgan fingerprint density at radius 1 is 1.42 bits per heavy atom. The molecule has 0 aliphatic rings. The summed E-state index contributed by atoms with van der Waals surface area (Å²) in [4.78, 5) is 0. The van der Waals surface area contributed by atoms with Crippen LogP contribution in [0.4, 0.5) is 0 Å². The van der Waals surface area contributed by atoms with Gasteiger partial charge in [-0.25, -0.2) is 0 Å². The zero-order valence-electron chi connectivity index (χ0n) is 7.11. The maximum atomic E-state index is 5.87. The van der Waals surface area contributed by atoms with Gasteiger partial charge >= 0.3 is 0 Å². The van der Waals surface area contributed by atoms with Crippen LogP contribution in [0.1, 0.15) is 25.3 Å². The largest absolute Gasteiger partial charge is 0.0843 e. The minimum atomic E-state index is 0.823. The number of aryl methyl sites for hydroxylation is 1. The van der Waals surface area contributed by atoms with Gasteiger partial charge in [0.15, 0.2) is 0 Å². The molecule has 1 aromatic rings. The molecule has 0 amide bonds. The van der Waals surface area contributed by atoms with Gasteiger partial charge in [-0.1, -0.05) is 40.9 Å². The molecule has 0 heterocycles. The molecule has 2 heteroatoms. The summed E-state index contributed by atoms with van der Waals surface area (Å²) in [6, 6.07) is 5.94. The van der Waals surface area contributed by atoms with Crippen molar-refractivity contribution in [3.63, 3.8) is 0 Å². The highest BCUT2D eigenvalue weighted by molar-refractivity contribution is 9.10. The van der Waals surface area contributed by atoms with Crippen molar-refractivity contribution >= 4 is 27.5 Å². The molecule has 0 atom stereocenters. The van der Waals surface area contributed by atoms with Gasteiger partial charge in [0.2, 0.25) is 0 Å². The van der Waals surface area contributed by atoms with Crippen molar-refractivity contribution in [2.75, 3.05) is 0 Å². The predicted octanol–water partition coefficient (Wildman–Crippen LogP) is 4.45. The van der Waals surface area contributed by atoms with Crippen LogP contribution in [0.3, 0.4) is 0 Å². The summed E-state index contributed by atoms with van der Waals surface area (Å²) in [5.74, 6) is 0. The third kappa shape index (κ3) is 2.80. The molecule has 0 spiro atoms. The third-order valence-corrected chi connectivity index (χ3v) is 2.82. The first-order valence-corrected chi connectivity index (χ1v) is 5.35. The lowest BCUT2D eigenvalue weighted by molar-refractivity contribution is 0.793. The molecule has 0 saturated heterocycles. The summed E-state index contributed by atoms with van der Waals surface area (Å²) in [6.45, 7) is 2.19. The van der Waals surface area contributed by atoms with E-state index in [1.54, 1.807) is 0 Å². The van der Waals surface area contributed by atoms with Gasteiger partial charge in [0, 0.05) is 9.50 Å². The highest BCUT2D eigenvalue weighted by Crippen LogP contribution is 2.22. The van der Waals surface area contributed by atoms with Gasteiger partial charge in [-0.3, -0.25) is 0 Å². The fraction of sp³-hybridized carbons (Fsp3) is 0.400. The summed E-state index contributed by atoms with van der Waals surface area (Å²) in [6.07, 6.45) is 3.55. The maximum Gasteiger partial charge on any atom is 0.0409 e. The number of rotatable bonds is 3. The first-order chi connectivity index (χ1) is 5.74. The lowest BCUT2D eigenvalue weighted by Crippen LogP contribution is -1.85. The molecular weight excluding hydrogens is 235 g/mol. The molecule has 0 saturated carbocycles. The van der Waals surface area contributed by atoms with E-state index in [2.05, 4.69) is 22.9 Å². The van der Waals surface area contributed by atoms with Crippen LogP contribution in [0.25, 0.3) is 0 Å². The van der Waals surface area contributed by atoms with Gasteiger partial charge in [-0.2, -0.15) is 0 Å². The first-order valence-electron chi connectivity index (χ1n) is 4.18. The third-order valence-electron chi connectivity index (χ3n) is 1.81. The Balaban J connectivity index is 2.75. The van der Waals surface area contributed by atoms with Crippen LogP contribution in [0.5, 0.6) is 0 Å². The molecular formula is C10H12BrCl. The van der Waals surface area contributed by atoms with Crippen LogP contribution in [-0.2, 0) is 6.42 Å². The van der Waals surface area contributed by atoms with Gasteiger partial charge in [-0.05, 0) is 36.6 Å². The second-order valence-electron chi connectivity index (χ2n) is 2.84. The minimum Gasteiger partial charge on any atom is -0.0843 e. The Morgan fingerprint density at radius 3 is 2.83 bits per heavy atom. The molecule has 0 aliphatic carbocycles. The highest BCUT2D eigenvalue weighted by atomic mass is 79.9. The van der Waals surface area contributed by atoms with Crippen molar-refractivity contribution in [1.29, 1.82) is 0 Å². The van der Waals surface area contributed by atoms with Gasteiger partial charge in [0.1, 0.15) is 0 Å². The zero-order valence-corrected chi connectivity index (χ0v) is 9.45. The van der Waals surface area contributed by atoms with Crippen LogP contribution >= 0.6 is 27.5 Å². The van der Waals surface area contributed by atoms with Crippen molar-refractivity contribution in [1.82, 2.24) is 0 Å². The number of hydrogen-bond acceptors (Lipinski definition) is 0. The lowest BCUT2D eigenvalue weighted by atomic mass is 10.1. The molecule has 0 aromatic heterocycles. The Morgan fingerprint density at radius 2 is 2.17 bits per heavy atom. The Bertz CT molecular complexity index is 258. The van der Waals surface area contributed by atoms with Crippen molar-refractivity contribution in [2.24, 2.45) is 0 Å². The van der Waals surface area contributed by atoms with Gasteiger partial charge in [-0.15, -0.1) is 0 Å². The zero-order chi connectivity index (χ0) is 8.97. The molecule has 0 unspecified atom stereocenters. The second kappa shape index (κ2) is 4.88. The van der Waals surface area contributed by atoms with Gasteiger partial charge in [0.05, 0.1) is 0 Å². The normalized spacial score (nSPS) is 10.2. The molecule has 0 aliphatic heterocycles. The number of halogens is 2. The molecule has 12 heavy (non-hydrogen) atoms. The van der Waals surface area contributed by atoms with E-state index in [4.69, 9.17) is 11.6 Å². The van der Waals surface area contributed by atoms with Gasteiger partial charge < -0.3 is 0 Å². The number of unbranched alkanes of at least 4 members (excludes halogenated alkanes) is 1. The standard InChI is InChI=1S/C10H12BrCl/c1-2-3-4-8-7-9(12)5-6-10(8)11/h5-7H,2-4H2,1H3. The average Bonchev–Trinajstić information content (AvgIpc) is 2.07. The van der Waals surface area contributed by atoms with Crippen molar-refractivity contribution < 1.29 is 0 Å². The molecule has 0 radical (unpaired) electrons. The summed E-state index contributed by atoms with van der Waals surface area (Å²) in [5.41, 5.74) is 1.31. The van der Waals surface area contributed by atoms with E-state index in [1.165, 1.54) is 22.9 Å². The fourth-order valence-electron chi connectivity index (χ4n) is 1.10. The smallest absolute Gasteiger partial charge is 0.0409 e. The lowest BCUT2D eigenvalue weighted by Gasteiger charge is -2.03. The summed E-state index contributed by atoms with van der Waals surface area (Å²) >= 11 is 9.38. The maximum absolute atomic E-state index is 5.87. The van der Waals surface area contributed by atoms with Crippen LogP contribution in [0.15, 0.2) is 22.7 Å². The monoisotopic (exact) mass is 246 g/mol. The average molecular weight is 248 g/mol. The van der Waals surface area contributed by atoms with E-state index in [0.717, 1.165) is 11.4 Å². The van der Waals surface area contributed by atoms with Crippen molar-refractivity contribution in [3.05, 3.63) is 33.3 Å². The predicted molar refractivity (Wildman–Crippen MR) is 57.8 cm³/mol. The van der Waals surface area contributed by atoms with E-state index in [1.807, 2.05) is 18.2 Å². The van der Waals surface area contributed by atoms with Crippen LogP contribution in [-0.4, -0.2) is 0 Å². The van der Waals surface area contributed by atoms with Crippen LogP contribution in [0, 0.1) is 0 Å². The summed E-state index contributed by atoms with van der Waals surface area (Å²) < 4.78 is 1.17. The Labute approximate surface area is 87.1 Å². The van der Waals surface area contributed by atoms with E-state index in [9.17, 15) is 0 Å². The number of hydrogen-bond donors (Lipinski definition) is 0. The fourth-order valence-corrected chi connectivity index (χ4v) is 1.74. The van der Waals surface area contributed by atoms with Crippen molar-refractivity contribution in [2.45, 2.75) is 26.2 Å². The van der Waals surface area contributed by atoms with Crippen LogP contribution in [0.2, 0.25) is 5.02 Å². The molecule has 1 rings (SSSR count). The van der Waals surface area contributed by atoms with E-state index >= 15 is 0 Å². The molecule has 0 nitrogen and oxygen atoms in total. The molecule has 0 fully saturated rings. The molecule has 1 aromatic carbocycles. The Kier molecular flexibility index (Phi) is 4.10. The minimum absolute atomic E-state index is 0.823. The Hall–Kier alpha value is -0.0100. The summed E-state index contributed by atoms with van der Waals surface area (Å²) in [5, 5.41) is 0.823. The molecule has 0 bridgehead atoms. The first kappa shape index (κ1) is 10.1. The molecule has 66 valence electrons. The van der Waals surface area contributed by atoms with E-state index in [0.29, 0.717) is 0 Å². The van der Waals surface area contributed by atoms with E-state index in [-0.39, 0.29) is 0 Å². The van der Waals surface area contributed by atoms with Gasteiger partial charge in [0.25, 0.3) is 0 Å². The quantitative estimate of drug-likeness (QED) is 0.740. The second-order valence-corrected chi connectivity index (χ2v) is 4.13. The van der Waals surface area contributed by atoms with E-state index < -0.39 is 0 Å². The van der Waals surface area contributed by atoms with Crippen molar-refractivity contribution in [3.8, 4) is 0 Å². The summed E-state index contributed by atoms with van der Waals surface area (Å²) in [7, 11) is 0. The molecule has 0 N–H and O–H groups in total. The highest BCUT2D eigenvalue weighted by Gasteiger charge is 1.99. The van der Waals surface area contributed by atoms with Crippen LogP contribution < -0.4 is 0 Å².